The van der Waals surface area contributed by atoms with Gasteiger partial charge in [0.1, 0.15) is 5.76 Å². The summed E-state index contributed by atoms with van der Waals surface area (Å²) in [5.74, 6) is 0.979. The second kappa shape index (κ2) is 2.11. The van der Waals surface area contributed by atoms with Gasteiger partial charge in [-0.25, -0.2) is 4.98 Å². The van der Waals surface area contributed by atoms with Gasteiger partial charge in [0.15, 0.2) is 6.39 Å². The highest BCUT2D eigenvalue weighted by Crippen LogP contribution is 2.23. The van der Waals surface area contributed by atoms with Gasteiger partial charge in [-0.05, 0) is 6.92 Å². The minimum atomic E-state index is 0.0839. The van der Waals surface area contributed by atoms with Crippen LogP contribution in [0.5, 0.6) is 0 Å². The van der Waals surface area contributed by atoms with Crippen molar-refractivity contribution in [3.05, 3.63) is 17.8 Å². The molecule has 0 aromatic carbocycles. The van der Waals surface area contributed by atoms with E-state index in [0.29, 0.717) is 0 Å². The third-order valence-corrected chi connectivity index (χ3v) is 1.43. The molecule has 0 N–H and O–H groups in total. The topological polar surface area (TPSA) is 26.0 Å². The Labute approximate surface area is 61.3 Å². The number of aryl methyl sites for hydroxylation is 1. The van der Waals surface area contributed by atoms with Crippen LogP contribution < -0.4 is 0 Å². The molecule has 0 unspecified atom stereocenters. The Morgan fingerprint density at radius 2 is 2.00 bits per heavy atom. The summed E-state index contributed by atoms with van der Waals surface area (Å²) >= 11 is 0. The van der Waals surface area contributed by atoms with E-state index in [2.05, 4.69) is 25.8 Å². The highest BCUT2D eigenvalue weighted by Gasteiger charge is 2.20. The highest BCUT2D eigenvalue weighted by molar-refractivity contribution is 5.13. The van der Waals surface area contributed by atoms with Gasteiger partial charge in [0.05, 0.1) is 5.69 Å². The summed E-state index contributed by atoms with van der Waals surface area (Å²) < 4.78 is 5.22. The number of rotatable bonds is 0. The average Bonchev–Trinajstić information content (AvgIpc) is 2.11. The maximum absolute atomic E-state index is 5.22. The van der Waals surface area contributed by atoms with Gasteiger partial charge in [-0.2, -0.15) is 0 Å². The minimum absolute atomic E-state index is 0.0839. The Hall–Kier alpha value is -0.790. The van der Waals surface area contributed by atoms with E-state index in [1.807, 2.05) is 6.92 Å². The lowest BCUT2D eigenvalue weighted by Gasteiger charge is -2.14. The average molecular weight is 139 g/mol. The number of oxazole rings is 1. The number of aromatic nitrogens is 1. The Morgan fingerprint density at radius 1 is 1.40 bits per heavy atom. The molecule has 0 saturated heterocycles. The van der Waals surface area contributed by atoms with Crippen LogP contribution in [0.25, 0.3) is 0 Å². The van der Waals surface area contributed by atoms with Crippen LogP contribution in [0, 0.1) is 6.92 Å². The van der Waals surface area contributed by atoms with Crippen LogP contribution in [0.1, 0.15) is 32.2 Å². The molecule has 56 valence electrons. The molecule has 0 spiro atoms. The monoisotopic (exact) mass is 139 g/mol. The SMILES string of the molecule is Cc1ncoc1C(C)(C)C. The molecule has 0 aliphatic carbocycles. The Bertz CT molecular complexity index is 219. The van der Waals surface area contributed by atoms with Crippen LogP contribution in [-0.2, 0) is 5.41 Å². The first-order valence-corrected chi connectivity index (χ1v) is 3.42. The van der Waals surface area contributed by atoms with E-state index in [9.17, 15) is 0 Å². The highest BCUT2D eigenvalue weighted by atomic mass is 16.3. The van der Waals surface area contributed by atoms with Crippen molar-refractivity contribution in [1.29, 1.82) is 0 Å². The minimum Gasteiger partial charge on any atom is -0.448 e. The molecule has 1 rings (SSSR count). The van der Waals surface area contributed by atoms with Crippen LogP contribution >= 0.6 is 0 Å². The lowest BCUT2D eigenvalue weighted by molar-refractivity contribution is 0.405. The molecule has 0 atom stereocenters. The van der Waals surface area contributed by atoms with E-state index in [1.54, 1.807) is 0 Å². The molecule has 0 fully saturated rings. The number of nitrogens with zero attached hydrogens (tertiary/aromatic N) is 1. The second-order valence-corrected chi connectivity index (χ2v) is 3.52. The summed E-state index contributed by atoms with van der Waals surface area (Å²) in [7, 11) is 0. The van der Waals surface area contributed by atoms with E-state index < -0.39 is 0 Å². The molecule has 0 amide bonds. The van der Waals surface area contributed by atoms with Crippen LogP contribution in [0.3, 0.4) is 0 Å². The van der Waals surface area contributed by atoms with Gasteiger partial charge in [-0.1, -0.05) is 20.8 Å². The van der Waals surface area contributed by atoms with E-state index >= 15 is 0 Å². The smallest absolute Gasteiger partial charge is 0.181 e. The first-order chi connectivity index (χ1) is 4.52. The molecule has 10 heavy (non-hydrogen) atoms. The van der Waals surface area contributed by atoms with Gasteiger partial charge >= 0.3 is 0 Å². The molecule has 2 nitrogen and oxygen atoms in total. The first-order valence-electron chi connectivity index (χ1n) is 3.42. The fraction of sp³-hybridized carbons (Fsp3) is 0.625. The second-order valence-electron chi connectivity index (χ2n) is 3.52. The van der Waals surface area contributed by atoms with Crippen molar-refractivity contribution < 1.29 is 4.42 Å². The van der Waals surface area contributed by atoms with Gasteiger partial charge in [0, 0.05) is 5.41 Å². The Kier molecular flexibility index (Phi) is 1.55. The fourth-order valence-corrected chi connectivity index (χ4v) is 1.02. The van der Waals surface area contributed by atoms with Gasteiger partial charge in [0.25, 0.3) is 0 Å². The maximum atomic E-state index is 5.22. The summed E-state index contributed by atoms with van der Waals surface area (Å²) in [5.41, 5.74) is 1.08. The van der Waals surface area contributed by atoms with Crippen molar-refractivity contribution in [2.24, 2.45) is 0 Å². The van der Waals surface area contributed by atoms with E-state index in [-0.39, 0.29) is 5.41 Å². The fourth-order valence-electron chi connectivity index (χ4n) is 1.02. The van der Waals surface area contributed by atoms with Crippen molar-refractivity contribution >= 4 is 0 Å². The maximum Gasteiger partial charge on any atom is 0.181 e. The van der Waals surface area contributed by atoms with Crippen LogP contribution in [0.2, 0.25) is 0 Å². The molecule has 0 aliphatic heterocycles. The zero-order valence-electron chi connectivity index (χ0n) is 6.93. The molecule has 0 bridgehead atoms. The molecule has 1 heterocycles. The van der Waals surface area contributed by atoms with Gasteiger partial charge in [-0.3, -0.25) is 0 Å². The standard InChI is InChI=1S/C8H13NO/c1-6-7(8(2,3)4)10-5-9-6/h5H,1-4H3. The summed E-state index contributed by atoms with van der Waals surface area (Å²) in [5, 5.41) is 0. The van der Waals surface area contributed by atoms with Crippen molar-refractivity contribution in [1.82, 2.24) is 4.98 Å². The number of hydrogen-bond donors (Lipinski definition) is 0. The zero-order valence-corrected chi connectivity index (χ0v) is 6.93. The molecule has 2 heteroatoms. The summed E-state index contributed by atoms with van der Waals surface area (Å²) in [6.45, 7) is 8.30. The largest absolute Gasteiger partial charge is 0.448 e. The Morgan fingerprint density at radius 3 is 2.20 bits per heavy atom. The molecule has 0 radical (unpaired) electrons. The van der Waals surface area contributed by atoms with Crippen molar-refractivity contribution in [3.63, 3.8) is 0 Å². The lowest BCUT2D eigenvalue weighted by atomic mass is 9.92. The zero-order chi connectivity index (χ0) is 7.78. The van der Waals surface area contributed by atoms with Crippen molar-refractivity contribution in [2.45, 2.75) is 33.1 Å². The van der Waals surface area contributed by atoms with E-state index in [4.69, 9.17) is 4.42 Å². The Balaban J connectivity index is 3.05. The molecular weight excluding hydrogens is 126 g/mol. The van der Waals surface area contributed by atoms with Gasteiger partial charge in [0.2, 0.25) is 0 Å². The molecule has 1 aromatic heterocycles. The van der Waals surface area contributed by atoms with Crippen LogP contribution in [0.4, 0.5) is 0 Å². The van der Waals surface area contributed by atoms with Crippen molar-refractivity contribution in [2.75, 3.05) is 0 Å². The summed E-state index contributed by atoms with van der Waals surface area (Å²) in [6.07, 6.45) is 1.50. The quantitative estimate of drug-likeness (QED) is 0.551. The van der Waals surface area contributed by atoms with Gasteiger partial charge < -0.3 is 4.42 Å². The number of hydrogen-bond acceptors (Lipinski definition) is 2. The summed E-state index contributed by atoms with van der Waals surface area (Å²) in [4.78, 5) is 4.02. The molecule has 0 saturated carbocycles. The third kappa shape index (κ3) is 1.20. The molecular formula is C8H13NO. The normalized spacial score (nSPS) is 12.0. The van der Waals surface area contributed by atoms with E-state index in [1.165, 1.54) is 6.39 Å². The lowest BCUT2D eigenvalue weighted by Crippen LogP contribution is -2.11. The van der Waals surface area contributed by atoms with Crippen molar-refractivity contribution in [3.8, 4) is 0 Å². The first kappa shape index (κ1) is 7.32. The predicted molar refractivity (Wildman–Crippen MR) is 39.9 cm³/mol. The van der Waals surface area contributed by atoms with E-state index in [0.717, 1.165) is 11.5 Å². The van der Waals surface area contributed by atoms with Gasteiger partial charge in [-0.15, -0.1) is 0 Å². The predicted octanol–water partition coefficient (Wildman–Crippen LogP) is 2.28. The van der Waals surface area contributed by atoms with Crippen LogP contribution in [-0.4, -0.2) is 4.98 Å². The van der Waals surface area contributed by atoms with Crippen LogP contribution in [0.15, 0.2) is 10.8 Å². The molecule has 1 aromatic rings. The molecule has 0 aliphatic rings. The third-order valence-electron chi connectivity index (χ3n) is 1.43. The summed E-state index contributed by atoms with van der Waals surface area (Å²) in [6, 6.07) is 0.